The summed E-state index contributed by atoms with van der Waals surface area (Å²) in [5.74, 6) is -1.69. The number of likely N-dealkylation sites (tertiary alicyclic amines) is 1. The monoisotopic (exact) mass is 372 g/mol. The summed E-state index contributed by atoms with van der Waals surface area (Å²) >= 11 is 0. The van der Waals surface area contributed by atoms with Crippen molar-refractivity contribution in [2.75, 3.05) is 13.1 Å². The van der Waals surface area contributed by atoms with Gasteiger partial charge in [-0.1, -0.05) is 18.2 Å². The van der Waals surface area contributed by atoms with Gasteiger partial charge in [0.05, 0.1) is 0 Å². The Morgan fingerprint density at radius 3 is 2.19 bits per heavy atom. The van der Waals surface area contributed by atoms with E-state index in [1.807, 2.05) is 6.07 Å². The second-order valence-electron chi connectivity index (χ2n) is 6.28. The van der Waals surface area contributed by atoms with Crippen LogP contribution in [0.15, 0.2) is 42.5 Å². The van der Waals surface area contributed by atoms with Crippen molar-refractivity contribution in [2.45, 2.75) is 18.9 Å². The molecule has 1 aliphatic rings. The van der Waals surface area contributed by atoms with Gasteiger partial charge in [-0.15, -0.1) is 0 Å². The molecule has 1 fully saturated rings. The summed E-state index contributed by atoms with van der Waals surface area (Å²) in [4.78, 5) is 26.0. The Morgan fingerprint density at radius 2 is 1.59 bits per heavy atom. The van der Waals surface area contributed by atoms with Gasteiger partial charge in [0.15, 0.2) is 17.2 Å². The van der Waals surface area contributed by atoms with Gasteiger partial charge >= 0.3 is 6.09 Å². The van der Waals surface area contributed by atoms with E-state index in [0.29, 0.717) is 31.7 Å². The molecule has 0 saturated carbocycles. The predicted octanol–water partition coefficient (Wildman–Crippen LogP) is 2.20. The van der Waals surface area contributed by atoms with Crippen LogP contribution in [0.1, 0.15) is 23.2 Å². The van der Waals surface area contributed by atoms with Crippen molar-refractivity contribution in [3.63, 3.8) is 0 Å². The molecular weight excluding hydrogens is 352 g/mol. The molecule has 8 heteroatoms. The SMILES string of the molecule is O=C(NC1CCN(C(=O)c2cc(O)c(O)c(O)c2)CC1)Oc1ccccc1. The first-order valence-electron chi connectivity index (χ1n) is 8.51. The average Bonchev–Trinajstić information content (AvgIpc) is 2.66. The van der Waals surface area contributed by atoms with E-state index in [-0.39, 0.29) is 17.5 Å². The molecule has 2 aromatic rings. The number of amides is 2. The number of nitrogens with one attached hydrogen (secondary N) is 1. The third-order valence-corrected chi connectivity index (χ3v) is 4.37. The van der Waals surface area contributed by atoms with Gasteiger partial charge in [-0.05, 0) is 37.1 Å². The van der Waals surface area contributed by atoms with Gasteiger partial charge in [0, 0.05) is 24.7 Å². The Bertz CT molecular complexity index is 808. The molecule has 1 aliphatic heterocycles. The van der Waals surface area contributed by atoms with Crippen molar-refractivity contribution >= 4 is 12.0 Å². The fourth-order valence-corrected chi connectivity index (χ4v) is 2.93. The van der Waals surface area contributed by atoms with E-state index in [0.717, 1.165) is 12.1 Å². The summed E-state index contributed by atoms with van der Waals surface area (Å²) < 4.78 is 5.19. The first-order chi connectivity index (χ1) is 12.9. The number of phenols is 3. The molecule has 0 bridgehead atoms. The molecule has 4 N–H and O–H groups in total. The van der Waals surface area contributed by atoms with Crippen LogP contribution in [-0.2, 0) is 0 Å². The molecule has 2 aromatic carbocycles. The zero-order chi connectivity index (χ0) is 19.4. The first kappa shape index (κ1) is 18.4. The fourth-order valence-electron chi connectivity index (χ4n) is 2.93. The highest BCUT2D eigenvalue weighted by atomic mass is 16.6. The minimum Gasteiger partial charge on any atom is -0.504 e. The highest BCUT2D eigenvalue weighted by Gasteiger charge is 2.26. The van der Waals surface area contributed by atoms with Crippen molar-refractivity contribution < 1.29 is 29.6 Å². The molecule has 142 valence electrons. The third kappa shape index (κ3) is 4.41. The van der Waals surface area contributed by atoms with Gasteiger partial charge in [-0.3, -0.25) is 4.79 Å². The molecule has 2 amide bonds. The summed E-state index contributed by atoms with van der Waals surface area (Å²) in [5, 5.41) is 31.2. The van der Waals surface area contributed by atoms with Gasteiger partial charge in [-0.2, -0.15) is 0 Å². The maximum absolute atomic E-state index is 12.5. The summed E-state index contributed by atoms with van der Waals surface area (Å²) in [6.07, 6.45) is 0.552. The minimum atomic E-state index is -0.661. The van der Waals surface area contributed by atoms with Crippen LogP contribution < -0.4 is 10.1 Å². The quantitative estimate of drug-likeness (QED) is 0.613. The first-order valence-corrected chi connectivity index (χ1v) is 8.51. The van der Waals surface area contributed by atoms with Gasteiger partial charge in [0.25, 0.3) is 5.91 Å². The molecule has 0 aliphatic carbocycles. The van der Waals surface area contributed by atoms with Gasteiger partial charge < -0.3 is 30.3 Å². The zero-order valence-electron chi connectivity index (χ0n) is 14.5. The molecule has 0 spiro atoms. The number of phenolic OH excluding ortho intramolecular Hbond substituents is 3. The van der Waals surface area contributed by atoms with E-state index in [9.17, 15) is 24.9 Å². The molecule has 0 atom stereocenters. The number of rotatable bonds is 3. The Hall–Kier alpha value is -3.42. The number of nitrogens with zero attached hydrogens (tertiary/aromatic N) is 1. The molecule has 3 rings (SSSR count). The van der Waals surface area contributed by atoms with E-state index in [2.05, 4.69) is 5.32 Å². The number of benzene rings is 2. The van der Waals surface area contributed by atoms with Crippen molar-refractivity contribution in [3.05, 3.63) is 48.0 Å². The molecule has 0 unspecified atom stereocenters. The lowest BCUT2D eigenvalue weighted by atomic mass is 10.0. The number of ether oxygens (including phenoxy) is 1. The average molecular weight is 372 g/mol. The Kier molecular flexibility index (Phi) is 5.35. The maximum Gasteiger partial charge on any atom is 0.412 e. The number of aromatic hydroxyl groups is 3. The van der Waals surface area contributed by atoms with Gasteiger partial charge in [0.2, 0.25) is 0 Å². The van der Waals surface area contributed by atoms with Crippen LogP contribution in [0.3, 0.4) is 0 Å². The van der Waals surface area contributed by atoms with E-state index in [1.165, 1.54) is 0 Å². The molecule has 27 heavy (non-hydrogen) atoms. The molecule has 1 heterocycles. The van der Waals surface area contributed by atoms with Crippen LogP contribution in [0.2, 0.25) is 0 Å². The highest BCUT2D eigenvalue weighted by molar-refractivity contribution is 5.95. The fraction of sp³-hybridized carbons (Fsp3) is 0.263. The van der Waals surface area contributed by atoms with Crippen molar-refractivity contribution in [2.24, 2.45) is 0 Å². The van der Waals surface area contributed by atoms with Crippen LogP contribution >= 0.6 is 0 Å². The summed E-state index contributed by atoms with van der Waals surface area (Å²) in [6, 6.07) is 10.8. The third-order valence-electron chi connectivity index (χ3n) is 4.37. The number of hydrogen-bond donors (Lipinski definition) is 4. The predicted molar refractivity (Wildman–Crippen MR) is 96.0 cm³/mol. The summed E-state index contributed by atoms with van der Waals surface area (Å²) in [6.45, 7) is 0.801. The number of piperidine rings is 1. The van der Waals surface area contributed by atoms with E-state index in [4.69, 9.17) is 4.74 Å². The molecule has 8 nitrogen and oxygen atoms in total. The summed E-state index contributed by atoms with van der Waals surface area (Å²) in [7, 11) is 0. The second-order valence-corrected chi connectivity index (χ2v) is 6.28. The molecule has 0 radical (unpaired) electrons. The van der Waals surface area contributed by atoms with E-state index in [1.54, 1.807) is 29.2 Å². The largest absolute Gasteiger partial charge is 0.504 e. The molecular formula is C19H20N2O6. The van der Waals surface area contributed by atoms with E-state index < -0.39 is 23.3 Å². The number of hydrogen-bond acceptors (Lipinski definition) is 6. The van der Waals surface area contributed by atoms with Gasteiger partial charge in [0.1, 0.15) is 5.75 Å². The topological polar surface area (TPSA) is 119 Å². The zero-order valence-corrected chi connectivity index (χ0v) is 14.5. The lowest BCUT2D eigenvalue weighted by molar-refractivity contribution is 0.0705. The lowest BCUT2D eigenvalue weighted by Crippen LogP contribution is -2.47. The Labute approximate surface area is 155 Å². The highest BCUT2D eigenvalue weighted by Crippen LogP contribution is 2.35. The van der Waals surface area contributed by atoms with Crippen LogP contribution in [0.4, 0.5) is 4.79 Å². The number of carbonyl (C=O) groups excluding carboxylic acids is 2. The Morgan fingerprint density at radius 1 is 1.00 bits per heavy atom. The normalized spacial score (nSPS) is 14.6. The molecule has 1 saturated heterocycles. The Balaban J connectivity index is 1.52. The number of para-hydroxylation sites is 1. The number of carbonyl (C=O) groups is 2. The van der Waals surface area contributed by atoms with Crippen molar-refractivity contribution in [1.29, 1.82) is 0 Å². The lowest BCUT2D eigenvalue weighted by Gasteiger charge is -2.32. The standard InChI is InChI=1S/C19H20N2O6/c22-15-10-12(11-16(23)17(15)24)18(25)21-8-6-13(7-9-21)20-19(26)27-14-4-2-1-3-5-14/h1-5,10-11,13,22-24H,6-9H2,(H,20,26). The minimum absolute atomic E-state index is 0.0812. The second kappa shape index (κ2) is 7.86. The van der Waals surface area contributed by atoms with E-state index >= 15 is 0 Å². The van der Waals surface area contributed by atoms with Crippen LogP contribution in [0.25, 0.3) is 0 Å². The van der Waals surface area contributed by atoms with Crippen LogP contribution in [-0.4, -0.2) is 51.4 Å². The van der Waals surface area contributed by atoms with Crippen LogP contribution in [0, 0.1) is 0 Å². The smallest absolute Gasteiger partial charge is 0.412 e. The summed E-state index contributed by atoms with van der Waals surface area (Å²) in [5.41, 5.74) is 0.0812. The maximum atomic E-state index is 12.5. The van der Waals surface area contributed by atoms with Crippen molar-refractivity contribution in [1.82, 2.24) is 10.2 Å². The van der Waals surface area contributed by atoms with Crippen molar-refractivity contribution in [3.8, 4) is 23.0 Å². The van der Waals surface area contributed by atoms with Crippen LogP contribution in [0.5, 0.6) is 23.0 Å². The van der Waals surface area contributed by atoms with Gasteiger partial charge in [-0.25, -0.2) is 4.79 Å². The molecule has 0 aromatic heterocycles.